The SMILES string of the molecule is CCC(NC(=O)c1ccc(C(=O)N[C@@H](CCc2c[nH]c3ccccc23)C(=O)O)c(Cl)c1)c1cccc(O)c1. The molecule has 0 aliphatic heterocycles. The van der Waals surface area contributed by atoms with Crippen LogP contribution in [0.2, 0.25) is 5.02 Å². The molecular weight excluding hydrogens is 506 g/mol. The second-order valence-corrected chi connectivity index (χ2v) is 9.39. The van der Waals surface area contributed by atoms with Crippen LogP contribution in [0.15, 0.2) is 72.9 Å². The number of carbonyl (C=O) groups is 3. The number of halogens is 1. The van der Waals surface area contributed by atoms with Crippen LogP contribution in [-0.4, -0.2) is 39.0 Å². The normalized spacial score (nSPS) is 12.6. The van der Waals surface area contributed by atoms with Crippen molar-refractivity contribution in [3.8, 4) is 5.75 Å². The molecule has 0 radical (unpaired) electrons. The number of phenols is 1. The van der Waals surface area contributed by atoms with Crippen molar-refractivity contribution < 1.29 is 24.6 Å². The van der Waals surface area contributed by atoms with E-state index in [2.05, 4.69) is 15.6 Å². The average molecular weight is 534 g/mol. The third kappa shape index (κ3) is 6.15. The molecule has 1 aromatic heterocycles. The van der Waals surface area contributed by atoms with E-state index in [4.69, 9.17) is 11.6 Å². The summed E-state index contributed by atoms with van der Waals surface area (Å²) in [5.74, 6) is -2.08. The number of phenolic OH excluding ortho intramolecular Hbond substituents is 1. The summed E-state index contributed by atoms with van der Waals surface area (Å²) >= 11 is 6.34. The maximum atomic E-state index is 12.9. The maximum absolute atomic E-state index is 12.9. The van der Waals surface area contributed by atoms with Gasteiger partial charge in [0.05, 0.1) is 16.6 Å². The average Bonchev–Trinajstić information content (AvgIpc) is 3.32. The fourth-order valence-electron chi connectivity index (χ4n) is 4.38. The van der Waals surface area contributed by atoms with Gasteiger partial charge >= 0.3 is 5.97 Å². The van der Waals surface area contributed by atoms with Gasteiger partial charge in [-0.1, -0.05) is 48.9 Å². The molecule has 0 spiro atoms. The van der Waals surface area contributed by atoms with E-state index in [0.717, 1.165) is 22.0 Å². The van der Waals surface area contributed by atoms with Gasteiger partial charge in [0.1, 0.15) is 11.8 Å². The number of fused-ring (bicyclic) bond motifs is 1. The van der Waals surface area contributed by atoms with Gasteiger partial charge in [0.15, 0.2) is 0 Å². The van der Waals surface area contributed by atoms with Gasteiger partial charge in [-0.25, -0.2) is 4.79 Å². The van der Waals surface area contributed by atoms with E-state index in [0.29, 0.717) is 12.8 Å². The van der Waals surface area contributed by atoms with E-state index < -0.39 is 23.8 Å². The summed E-state index contributed by atoms with van der Waals surface area (Å²) in [6.45, 7) is 1.91. The summed E-state index contributed by atoms with van der Waals surface area (Å²) < 4.78 is 0. The van der Waals surface area contributed by atoms with Crippen LogP contribution in [0.4, 0.5) is 0 Å². The van der Waals surface area contributed by atoms with Gasteiger partial charge in [-0.2, -0.15) is 0 Å². The van der Waals surface area contributed by atoms with Crippen molar-refractivity contribution >= 4 is 40.3 Å². The molecule has 5 N–H and O–H groups in total. The molecule has 9 heteroatoms. The highest BCUT2D eigenvalue weighted by atomic mass is 35.5. The van der Waals surface area contributed by atoms with Crippen LogP contribution >= 0.6 is 11.6 Å². The number of carboxylic acid groups (broad SMARTS) is 1. The van der Waals surface area contributed by atoms with Gasteiger partial charge in [0.2, 0.25) is 0 Å². The number of amides is 2. The number of hydrogen-bond acceptors (Lipinski definition) is 4. The zero-order valence-electron chi connectivity index (χ0n) is 20.7. The number of nitrogens with one attached hydrogen (secondary N) is 3. The summed E-state index contributed by atoms with van der Waals surface area (Å²) in [4.78, 5) is 40.8. The first kappa shape index (κ1) is 26.8. The molecule has 0 aliphatic carbocycles. The number of aryl methyl sites for hydroxylation is 1. The van der Waals surface area contributed by atoms with Gasteiger partial charge in [0, 0.05) is 22.7 Å². The van der Waals surface area contributed by atoms with E-state index in [9.17, 15) is 24.6 Å². The van der Waals surface area contributed by atoms with Crippen molar-refractivity contribution in [3.05, 3.63) is 100 Å². The number of benzene rings is 3. The summed E-state index contributed by atoms with van der Waals surface area (Å²) in [6, 6.07) is 17.2. The smallest absolute Gasteiger partial charge is 0.326 e. The number of aromatic nitrogens is 1. The van der Waals surface area contributed by atoms with Gasteiger partial charge in [-0.15, -0.1) is 0 Å². The number of para-hydroxylation sites is 1. The summed E-state index contributed by atoms with van der Waals surface area (Å²) in [7, 11) is 0. The summed E-state index contributed by atoms with van der Waals surface area (Å²) in [5, 5.41) is 25.9. The number of aromatic amines is 1. The Morgan fingerprint density at radius 2 is 1.76 bits per heavy atom. The second kappa shape index (κ2) is 11.8. The lowest BCUT2D eigenvalue weighted by atomic mass is 10.0. The lowest BCUT2D eigenvalue weighted by Gasteiger charge is -2.18. The highest BCUT2D eigenvalue weighted by Gasteiger charge is 2.23. The standard InChI is InChI=1S/C29H28ClN3O5/c1-2-24(17-6-5-7-20(34)14-17)32-27(35)18-10-12-22(23(30)15-18)28(36)33-26(29(37)38)13-11-19-16-31-25-9-4-3-8-21(19)25/h3-10,12,14-16,24,26,31,34H,2,11,13H2,1H3,(H,32,35)(H,33,36)(H,37,38)/t24?,26-/m0/s1. The fraction of sp³-hybridized carbons (Fsp3) is 0.207. The number of carboxylic acids is 1. The summed E-state index contributed by atoms with van der Waals surface area (Å²) in [5.41, 5.74) is 3.00. The Morgan fingerprint density at radius 3 is 2.47 bits per heavy atom. The molecule has 4 rings (SSSR count). The van der Waals surface area contributed by atoms with Crippen LogP contribution < -0.4 is 10.6 Å². The quantitative estimate of drug-likeness (QED) is 0.190. The van der Waals surface area contributed by atoms with Gasteiger partial charge < -0.3 is 25.8 Å². The third-order valence-electron chi connectivity index (χ3n) is 6.44. The molecule has 1 heterocycles. The zero-order chi connectivity index (χ0) is 27.2. The van der Waals surface area contributed by atoms with Crippen LogP contribution in [0.5, 0.6) is 5.75 Å². The Labute approximate surface area is 224 Å². The van der Waals surface area contributed by atoms with Gasteiger partial charge in [-0.3, -0.25) is 9.59 Å². The Hall–Kier alpha value is -4.30. The Morgan fingerprint density at radius 1 is 0.974 bits per heavy atom. The number of aromatic hydroxyl groups is 1. The number of rotatable bonds is 10. The van der Waals surface area contributed by atoms with Crippen LogP contribution in [-0.2, 0) is 11.2 Å². The third-order valence-corrected chi connectivity index (χ3v) is 6.76. The first-order valence-electron chi connectivity index (χ1n) is 12.2. The molecule has 2 amide bonds. The zero-order valence-corrected chi connectivity index (χ0v) is 21.5. The molecule has 0 saturated carbocycles. The minimum Gasteiger partial charge on any atom is -0.508 e. The van der Waals surface area contributed by atoms with Crippen molar-refractivity contribution in [1.29, 1.82) is 0 Å². The van der Waals surface area contributed by atoms with E-state index in [1.54, 1.807) is 18.2 Å². The fourth-order valence-corrected chi connectivity index (χ4v) is 4.64. The van der Waals surface area contributed by atoms with Crippen LogP contribution in [0, 0.1) is 0 Å². The molecular formula is C29H28ClN3O5. The molecule has 0 saturated heterocycles. The molecule has 0 fully saturated rings. The van der Waals surface area contributed by atoms with Crippen molar-refractivity contribution in [2.45, 2.75) is 38.3 Å². The maximum Gasteiger partial charge on any atom is 0.326 e. The molecule has 3 aromatic carbocycles. The van der Waals surface area contributed by atoms with Crippen LogP contribution in [0.3, 0.4) is 0 Å². The molecule has 38 heavy (non-hydrogen) atoms. The second-order valence-electron chi connectivity index (χ2n) is 8.99. The van der Waals surface area contributed by atoms with E-state index in [-0.39, 0.29) is 34.4 Å². The lowest BCUT2D eigenvalue weighted by Crippen LogP contribution is -2.41. The van der Waals surface area contributed by atoms with Gasteiger partial charge in [0.25, 0.3) is 11.8 Å². The molecule has 0 bridgehead atoms. The van der Waals surface area contributed by atoms with Crippen molar-refractivity contribution in [2.75, 3.05) is 0 Å². The number of carbonyl (C=O) groups excluding carboxylic acids is 2. The van der Waals surface area contributed by atoms with Crippen molar-refractivity contribution in [3.63, 3.8) is 0 Å². The van der Waals surface area contributed by atoms with Gasteiger partial charge in [-0.05, 0) is 66.8 Å². The van der Waals surface area contributed by atoms with Crippen LogP contribution in [0.25, 0.3) is 10.9 Å². The molecule has 4 aromatic rings. The molecule has 8 nitrogen and oxygen atoms in total. The Balaban J connectivity index is 1.42. The molecule has 0 aliphatic rings. The number of hydrogen-bond donors (Lipinski definition) is 5. The highest BCUT2D eigenvalue weighted by Crippen LogP contribution is 2.24. The highest BCUT2D eigenvalue weighted by molar-refractivity contribution is 6.34. The Bertz CT molecular complexity index is 1480. The predicted octanol–water partition coefficient (Wildman–Crippen LogP) is 5.22. The summed E-state index contributed by atoms with van der Waals surface area (Å²) in [6.07, 6.45) is 3.08. The molecule has 2 atom stereocenters. The molecule has 1 unspecified atom stereocenters. The first-order chi connectivity index (χ1) is 18.3. The topological polar surface area (TPSA) is 132 Å². The minimum atomic E-state index is -1.15. The van der Waals surface area contributed by atoms with Crippen molar-refractivity contribution in [1.82, 2.24) is 15.6 Å². The molecule has 196 valence electrons. The van der Waals surface area contributed by atoms with E-state index in [1.165, 1.54) is 18.2 Å². The number of aliphatic carboxylic acids is 1. The lowest BCUT2D eigenvalue weighted by molar-refractivity contribution is -0.139. The Kier molecular flexibility index (Phi) is 8.33. The van der Waals surface area contributed by atoms with Crippen molar-refractivity contribution in [2.24, 2.45) is 0 Å². The van der Waals surface area contributed by atoms with E-state index in [1.807, 2.05) is 43.5 Å². The number of H-pyrrole nitrogens is 1. The largest absolute Gasteiger partial charge is 0.508 e. The predicted molar refractivity (Wildman–Crippen MR) is 146 cm³/mol. The van der Waals surface area contributed by atoms with E-state index >= 15 is 0 Å². The monoisotopic (exact) mass is 533 g/mol. The van der Waals surface area contributed by atoms with Crippen LogP contribution in [0.1, 0.15) is 57.7 Å². The minimum absolute atomic E-state index is 0.0290. The first-order valence-corrected chi connectivity index (χ1v) is 12.6.